The molecule has 0 aliphatic carbocycles. The van der Waals surface area contributed by atoms with Gasteiger partial charge in [0.25, 0.3) is 0 Å². The van der Waals surface area contributed by atoms with Crippen molar-refractivity contribution in [2.45, 2.75) is 25.8 Å². The molecule has 3 saturated heterocycles. The first-order valence-corrected chi connectivity index (χ1v) is 9.94. The van der Waals surface area contributed by atoms with Gasteiger partial charge in [-0.25, -0.2) is 0 Å². The molecule has 4 rings (SSSR count). The van der Waals surface area contributed by atoms with Crippen molar-refractivity contribution < 1.29 is 14.6 Å². The number of carbonyl (C=O) groups is 1. The van der Waals surface area contributed by atoms with Crippen molar-refractivity contribution in [3.8, 4) is 0 Å². The third kappa shape index (κ3) is 3.53. The minimum absolute atomic E-state index is 0.109. The topological polar surface area (TPSA) is 53.0 Å². The molecule has 1 aromatic rings. The van der Waals surface area contributed by atoms with E-state index >= 15 is 0 Å². The van der Waals surface area contributed by atoms with Crippen LogP contribution in [0.3, 0.4) is 0 Å². The van der Waals surface area contributed by atoms with Crippen LogP contribution in [0.2, 0.25) is 0 Å². The summed E-state index contributed by atoms with van der Waals surface area (Å²) in [7, 11) is 0. The minimum Gasteiger partial charge on any atom is -0.396 e. The number of likely N-dealkylation sites (tertiary alicyclic amines) is 2. The highest BCUT2D eigenvalue weighted by atomic mass is 16.5. The molecule has 0 saturated carbocycles. The summed E-state index contributed by atoms with van der Waals surface area (Å²) in [6.07, 6.45) is 2.68. The lowest BCUT2D eigenvalue weighted by molar-refractivity contribution is -0.143. The normalized spacial score (nSPS) is 30.3. The van der Waals surface area contributed by atoms with Crippen molar-refractivity contribution in [2.24, 2.45) is 17.3 Å². The lowest BCUT2D eigenvalue weighted by Crippen LogP contribution is -2.54. The van der Waals surface area contributed by atoms with Crippen molar-refractivity contribution in [3.05, 3.63) is 35.9 Å². The summed E-state index contributed by atoms with van der Waals surface area (Å²) in [6.45, 7) is 5.92. The summed E-state index contributed by atoms with van der Waals surface area (Å²) in [5.74, 6) is 0.869. The fraction of sp³-hybridized carbons (Fsp3) is 0.667. The Morgan fingerprint density at radius 3 is 2.65 bits per heavy atom. The maximum absolute atomic E-state index is 12.9. The number of amides is 1. The Morgan fingerprint density at radius 1 is 1.15 bits per heavy atom. The molecule has 3 aliphatic rings. The molecule has 5 heteroatoms. The SMILES string of the molecule is O=C(C1CCOCC1)N1CC[C@H]2CN(Cc3ccccc3)C[C@@]2(CO)C1. The molecule has 0 unspecified atom stereocenters. The van der Waals surface area contributed by atoms with E-state index in [4.69, 9.17) is 4.74 Å². The van der Waals surface area contributed by atoms with Gasteiger partial charge in [0.05, 0.1) is 6.61 Å². The highest BCUT2D eigenvalue weighted by Crippen LogP contribution is 2.42. The van der Waals surface area contributed by atoms with Gasteiger partial charge in [-0.05, 0) is 30.7 Å². The van der Waals surface area contributed by atoms with Crippen molar-refractivity contribution in [1.82, 2.24) is 9.80 Å². The number of nitrogens with zero attached hydrogens (tertiary/aromatic N) is 2. The van der Waals surface area contributed by atoms with Crippen molar-refractivity contribution in [2.75, 3.05) is 46.0 Å². The van der Waals surface area contributed by atoms with Gasteiger partial charge in [0.2, 0.25) is 5.91 Å². The van der Waals surface area contributed by atoms with Gasteiger partial charge < -0.3 is 14.7 Å². The monoisotopic (exact) mass is 358 g/mol. The summed E-state index contributed by atoms with van der Waals surface area (Å²) in [5, 5.41) is 10.3. The van der Waals surface area contributed by atoms with E-state index < -0.39 is 0 Å². The third-order valence-corrected chi connectivity index (χ3v) is 6.58. The van der Waals surface area contributed by atoms with Crippen LogP contribution in [0.5, 0.6) is 0 Å². The zero-order valence-corrected chi connectivity index (χ0v) is 15.5. The fourth-order valence-electron chi connectivity index (χ4n) is 5.07. The van der Waals surface area contributed by atoms with Crippen molar-refractivity contribution in [3.63, 3.8) is 0 Å². The molecule has 3 aliphatic heterocycles. The molecule has 3 heterocycles. The molecule has 2 atom stereocenters. The number of aliphatic hydroxyl groups is 1. The number of benzene rings is 1. The molecule has 0 spiro atoms. The van der Waals surface area contributed by atoms with Gasteiger partial charge >= 0.3 is 0 Å². The lowest BCUT2D eigenvalue weighted by Gasteiger charge is -2.44. The second-order valence-electron chi connectivity index (χ2n) is 8.31. The Balaban J connectivity index is 1.42. The first kappa shape index (κ1) is 18.0. The molecular weight excluding hydrogens is 328 g/mol. The van der Waals surface area contributed by atoms with Gasteiger partial charge in [0, 0.05) is 57.3 Å². The average molecular weight is 358 g/mol. The molecule has 0 radical (unpaired) electrons. The second kappa shape index (κ2) is 7.67. The fourth-order valence-corrected chi connectivity index (χ4v) is 5.07. The van der Waals surface area contributed by atoms with Gasteiger partial charge in [-0.15, -0.1) is 0 Å². The van der Waals surface area contributed by atoms with E-state index in [1.165, 1.54) is 5.56 Å². The molecule has 1 amide bonds. The van der Waals surface area contributed by atoms with Crippen LogP contribution >= 0.6 is 0 Å². The Kier molecular flexibility index (Phi) is 5.30. The van der Waals surface area contributed by atoms with Crippen LogP contribution in [-0.4, -0.2) is 66.8 Å². The van der Waals surface area contributed by atoms with Gasteiger partial charge in [0.1, 0.15) is 0 Å². The number of carbonyl (C=O) groups excluding carboxylic acids is 1. The maximum Gasteiger partial charge on any atom is 0.225 e. The molecule has 1 N–H and O–H groups in total. The first-order chi connectivity index (χ1) is 12.7. The van der Waals surface area contributed by atoms with E-state index in [1.807, 2.05) is 11.0 Å². The van der Waals surface area contributed by atoms with E-state index in [2.05, 4.69) is 29.2 Å². The van der Waals surface area contributed by atoms with E-state index in [0.717, 1.165) is 45.4 Å². The quantitative estimate of drug-likeness (QED) is 0.891. The van der Waals surface area contributed by atoms with E-state index in [1.54, 1.807) is 0 Å². The molecule has 0 bridgehead atoms. The van der Waals surface area contributed by atoms with Crippen LogP contribution in [0.25, 0.3) is 0 Å². The van der Waals surface area contributed by atoms with Crippen molar-refractivity contribution >= 4 is 5.91 Å². The van der Waals surface area contributed by atoms with E-state index in [-0.39, 0.29) is 23.8 Å². The first-order valence-electron chi connectivity index (χ1n) is 9.94. The number of aliphatic hydroxyl groups excluding tert-OH is 1. The van der Waals surface area contributed by atoms with Gasteiger partial charge in [0.15, 0.2) is 0 Å². The Labute approximate surface area is 155 Å². The molecule has 1 aromatic carbocycles. The van der Waals surface area contributed by atoms with E-state index in [0.29, 0.717) is 25.7 Å². The number of rotatable bonds is 4. The van der Waals surface area contributed by atoms with Crippen LogP contribution in [0.15, 0.2) is 30.3 Å². The van der Waals surface area contributed by atoms with Crippen LogP contribution in [0, 0.1) is 17.3 Å². The third-order valence-electron chi connectivity index (χ3n) is 6.58. The number of fused-ring (bicyclic) bond motifs is 1. The van der Waals surface area contributed by atoms with Crippen LogP contribution in [-0.2, 0) is 16.1 Å². The largest absolute Gasteiger partial charge is 0.396 e. The number of piperidine rings is 1. The Bertz CT molecular complexity index is 617. The standard InChI is InChI=1S/C21H30N2O3/c24-16-21-14-22(12-17-4-2-1-3-5-17)13-19(21)6-9-23(15-21)20(25)18-7-10-26-11-8-18/h1-5,18-19,24H,6-16H2/t19-,21-/m0/s1. The summed E-state index contributed by atoms with van der Waals surface area (Å²) in [4.78, 5) is 17.4. The van der Waals surface area contributed by atoms with Crippen molar-refractivity contribution in [1.29, 1.82) is 0 Å². The average Bonchev–Trinajstić information content (AvgIpc) is 3.06. The zero-order valence-electron chi connectivity index (χ0n) is 15.5. The maximum atomic E-state index is 12.9. The van der Waals surface area contributed by atoms with Crippen LogP contribution in [0.1, 0.15) is 24.8 Å². The molecule has 26 heavy (non-hydrogen) atoms. The predicted octanol–water partition coefficient (Wildman–Crippen LogP) is 1.76. The second-order valence-corrected chi connectivity index (χ2v) is 8.31. The van der Waals surface area contributed by atoms with Crippen LogP contribution < -0.4 is 0 Å². The van der Waals surface area contributed by atoms with Crippen LogP contribution in [0.4, 0.5) is 0 Å². The van der Waals surface area contributed by atoms with E-state index in [9.17, 15) is 9.90 Å². The molecule has 0 aromatic heterocycles. The predicted molar refractivity (Wildman–Crippen MR) is 99.5 cm³/mol. The summed E-state index contributed by atoms with van der Waals surface area (Å²) in [5.41, 5.74) is 1.16. The Hall–Kier alpha value is -1.43. The molecular formula is C21H30N2O3. The lowest BCUT2D eigenvalue weighted by atomic mass is 9.73. The number of ether oxygens (including phenoxy) is 1. The van der Waals surface area contributed by atoms with Gasteiger partial charge in [-0.3, -0.25) is 9.69 Å². The summed E-state index contributed by atoms with van der Waals surface area (Å²) < 4.78 is 5.40. The number of hydrogen-bond donors (Lipinski definition) is 1. The van der Waals surface area contributed by atoms with Gasteiger partial charge in [-0.2, -0.15) is 0 Å². The Morgan fingerprint density at radius 2 is 1.92 bits per heavy atom. The number of hydrogen-bond acceptors (Lipinski definition) is 4. The molecule has 142 valence electrons. The summed E-state index contributed by atoms with van der Waals surface area (Å²) in [6, 6.07) is 10.5. The summed E-state index contributed by atoms with van der Waals surface area (Å²) >= 11 is 0. The smallest absolute Gasteiger partial charge is 0.225 e. The molecule has 3 fully saturated rings. The minimum atomic E-state index is -0.159. The molecule has 5 nitrogen and oxygen atoms in total. The highest BCUT2D eigenvalue weighted by Gasteiger charge is 2.50. The zero-order chi connectivity index (χ0) is 18.0. The van der Waals surface area contributed by atoms with Gasteiger partial charge in [-0.1, -0.05) is 30.3 Å². The highest BCUT2D eigenvalue weighted by molar-refractivity contribution is 5.79.